The Kier molecular flexibility index (Phi) is 33.7. The molecule has 0 radical (unpaired) electrons. The summed E-state index contributed by atoms with van der Waals surface area (Å²) < 4.78 is 37.9. The van der Waals surface area contributed by atoms with Crippen LogP contribution in [0.4, 0.5) is 0 Å². The van der Waals surface area contributed by atoms with Crippen LogP contribution in [-0.4, -0.2) is 142 Å². The zero-order valence-corrected chi connectivity index (χ0v) is 26.9. The van der Waals surface area contributed by atoms with Gasteiger partial charge < -0.3 is 66.7 Å². The van der Waals surface area contributed by atoms with Gasteiger partial charge in [-0.3, -0.25) is 0 Å². The first-order valence-electron chi connectivity index (χ1n) is 15.1. The lowest BCUT2D eigenvalue weighted by atomic mass is 10.3. The average molecular weight is 599 g/mol. The number of hydrogen-bond acceptors (Lipinski definition) is 13. The SMILES string of the molecule is CC(N)COCCNC(C)COCCNCCOCCOCC(C)N.CC(N)COCCOCC(C)OCC(C)N. The molecule has 0 spiro atoms. The Morgan fingerprint density at radius 3 is 1.34 bits per heavy atom. The van der Waals surface area contributed by atoms with Gasteiger partial charge in [-0.15, -0.1) is 0 Å². The van der Waals surface area contributed by atoms with E-state index in [1.807, 2.05) is 34.6 Å². The minimum atomic E-state index is 0.0665. The summed E-state index contributed by atoms with van der Waals surface area (Å²) in [5, 5.41) is 6.62. The van der Waals surface area contributed by atoms with E-state index in [1.165, 1.54) is 0 Å². The van der Waals surface area contributed by atoms with Crippen LogP contribution in [0.15, 0.2) is 0 Å². The van der Waals surface area contributed by atoms with Crippen molar-refractivity contribution in [3.05, 3.63) is 0 Å². The third kappa shape index (κ3) is 41.7. The normalized spacial score (nSPS) is 16.0. The summed E-state index contributed by atoms with van der Waals surface area (Å²) in [7, 11) is 0. The molecular weight excluding hydrogens is 532 g/mol. The second-order valence-corrected chi connectivity index (χ2v) is 10.6. The van der Waals surface area contributed by atoms with Crippen LogP contribution >= 0.6 is 0 Å². The molecule has 0 aromatic rings. The third-order valence-electron chi connectivity index (χ3n) is 4.84. The van der Waals surface area contributed by atoms with Gasteiger partial charge in [-0.05, 0) is 41.5 Å². The standard InChI is InChI=1S/C17H40N4O4.C11H26N2O3/c1-15(18)12-23-9-6-21-17(3)14-24-8-5-20-4-7-22-10-11-25-13-16(2)19;1-9(12)6-14-4-5-15-8-11(3)16-7-10(2)13/h15-17,20-21H,4-14,18-19H2,1-3H3;9-11H,4-8,12-13H2,1-3H3. The maximum Gasteiger partial charge on any atom is 0.0781 e. The molecular formula is C28H66N6O7. The van der Waals surface area contributed by atoms with E-state index in [0.717, 1.165) is 19.6 Å². The number of nitrogens with one attached hydrogen (secondary N) is 2. The summed E-state index contributed by atoms with van der Waals surface area (Å²) >= 11 is 0. The van der Waals surface area contributed by atoms with E-state index >= 15 is 0 Å². The van der Waals surface area contributed by atoms with Crippen molar-refractivity contribution in [3.63, 3.8) is 0 Å². The van der Waals surface area contributed by atoms with Gasteiger partial charge in [-0.25, -0.2) is 0 Å². The molecule has 41 heavy (non-hydrogen) atoms. The largest absolute Gasteiger partial charge is 0.379 e. The summed E-state index contributed by atoms with van der Waals surface area (Å²) in [5.41, 5.74) is 22.3. The van der Waals surface area contributed by atoms with Crippen LogP contribution in [0.3, 0.4) is 0 Å². The molecule has 6 atom stereocenters. The molecule has 0 bridgehead atoms. The molecule has 0 saturated heterocycles. The monoisotopic (exact) mass is 598 g/mol. The van der Waals surface area contributed by atoms with Crippen LogP contribution in [0.25, 0.3) is 0 Å². The molecule has 0 aliphatic rings. The molecule has 0 aromatic heterocycles. The van der Waals surface area contributed by atoms with Crippen molar-refractivity contribution >= 4 is 0 Å². The molecule has 0 aliphatic heterocycles. The Morgan fingerprint density at radius 2 is 0.829 bits per heavy atom. The van der Waals surface area contributed by atoms with Crippen LogP contribution < -0.4 is 33.6 Å². The maximum atomic E-state index is 5.61. The number of nitrogens with two attached hydrogens (primary N) is 4. The zero-order chi connectivity index (χ0) is 31.1. The van der Waals surface area contributed by atoms with Crippen molar-refractivity contribution in [2.75, 3.05) is 106 Å². The van der Waals surface area contributed by atoms with Gasteiger partial charge in [0.25, 0.3) is 0 Å². The summed E-state index contributed by atoms with van der Waals surface area (Å²) in [6, 6.07) is 0.614. The van der Waals surface area contributed by atoms with Crippen molar-refractivity contribution in [2.45, 2.75) is 77.9 Å². The Morgan fingerprint density at radius 1 is 0.439 bits per heavy atom. The summed E-state index contributed by atoms with van der Waals surface area (Å²) in [6.45, 7) is 22.1. The molecule has 0 fully saturated rings. The van der Waals surface area contributed by atoms with E-state index in [4.69, 9.17) is 56.1 Å². The first kappa shape index (κ1) is 42.6. The van der Waals surface area contributed by atoms with Crippen LogP contribution in [-0.2, 0) is 33.2 Å². The first-order chi connectivity index (χ1) is 19.5. The van der Waals surface area contributed by atoms with E-state index in [0.29, 0.717) is 91.9 Å². The Bertz CT molecular complexity index is 509. The zero-order valence-electron chi connectivity index (χ0n) is 26.9. The number of rotatable bonds is 29. The Labute approximate surface area is 250 Å². The van der Waals surface area contributed by atoms with E-state index in [1.54, 1.807) is 0 Å². The molecule has 0 amide bonds. The number of ether oxygens (including phenoxy) is 7. The van der Waals surface area contributed by atoms with Crippen LogP contribution in [0.1, 0.15) is 41.5 Å². The highest BCUT2D eigenvalue weighted by molar-refractivity contribution is 4.59. The van der Waals surface area contributed by atoms with Gasteiger partial charge in [0.1, 0.15) is 0 Å². The van der Waals surface area contributed by atoms with E-state index < -0.39 is 0 Å². The molecule has 6 unspecified atom stereocenters. The van der Waals surface area contributed by atoms with Crippen molar-refractivity contribution in [1.29, 1.82) is 0 Å². The Hall–Kier alpha value is -0.520. The van der Waals surface area contributed by atoms with E-state index in [2.05, 4.69) is 17.6 Å². The highest BCUT2D eigenvalue weighted by Crippen LogP contribution is 1.93. The highest BCUT2D eigenvalue weighted by atomic mass is 16.5. The molecule has 0 aliphatic carbocycles. The molecule has 0 saturated carbocycles. The van der Waals surface area contributed by atoms with Crippen molar-refractivity contribution in [1.82, 2.24) is 10.6 Å². The quantitative estimate of drug-likeness (QED) is 0.0601. The van der Waals surface area contributed by atoms with Gasteiger partial charge >= 0.3 is 0 Å². The summed E-state index contributed by atoms with van der Waals surface area (Å²) in [5.74, 6) is 0. The molecule has 10 N–H and O–H groups in total. The maximum absolute atomic E-state index is 5.61. The molecule has 13 nitrogen and oxygen atoms in total. The van der Waals surface area contributed by atoms with Crippen LogP contribution in [0.2, 0.25) is 0 Å². The van der Waals surface area contributed by atoms with Gasteiger partial charge in [-0.2, -0.15) is 0 Å². The fourth-order valence-corrected chi connectivity index (χ4v) is 2.87. The lowest BCUT2D eigenvalue weighted by Gasteiger charge is -2.15. The summed E-state index contributed by atoms with van der Waals surface area (Å²) in [6.07, 6.45) is 0.0689. The first-order valence-corrected chi connectivity index (χ1v) is 15.1. The second-order valence-electron chi connectivity index (χ2n) is 10.6. The van der Waals surface area contributed by atoms with Crippen LogP contribution in [0, 0.1) is 0 Å². The topological polar surface area (TPSA) is 193 Å². The van der Waals surface area contributed by atoms with Gasteiger partial charge in [0.2, 0.25) is 0 Å². The lowest BCUT2D eigenvalue weighted by molar-refractivity contribution is -0.0264. The van der Waals surface area contributed by atoms with Crippen molar-refractivity contribution in [2.24, 2.45) is 22.9 Å². The van der Waals surface area contributed by atoms with E-state index in [-0.39, 0.29) is 30.3 Å². The second kappa shape index (κ2) is 32.4. The fourth-order valence-electron chi connectivity index (χ4n) is 2.87. The molecule has 13 heteroatoms. The number of hydrogen-bond donors (Lipinski definition) is 6. The van der Waals surface area contributed by atoms with Gasteiger partial charge in [-0.1, -0.05) is 0 Å². The molecule has 0 rings (SSSR count). The third-order valence-corrected chi connectivity index (χ3v) is 4.84. The summed E-state index contributed by atoms with van der Waals surface area (Å²) in [4.78, 5) is 0. The van der Waals surface area contributed by atoms with Crippen molar-refractivity contribution in [3.8, 4) is 0 Å². The van der Waals surface area contributed by atoms with Gasteiger partial charge in [0, 0.05) is 49.8 Å². The predicted molar refractivity (Wildman–Crippen MR) is 165 cm³/mol. The minimum absolute atomic E-state index is 0.0665. The lowest BCUT2D eigenvalue weighted by Crippen LogP contribution is -2.35. The minimum Gasteiger partial charge on any atom is -0.379 e. The molecule has 0 aromatic carbocycles. The van der Waals surface area contributed by atoms with Gasteiger partial charge in [0.15, 0.2) is 0 Å². The predicted octanol–water partition coefficient (Wildman–Crippen LogP) is -0.566. The van der Waals surface area contributed by atoms with Crippen LogP contribution in [0.5, 0.6) is 0 Å². The molecule has 250 valence electrons. The average Bonchev–Trinajstić information content (AvgIpc) is 2.89. The smallest absolute Gasteiger partial charge is 0.0781 e. The Balaban J connectivity index is 0. The highest BCUT2D eigenvalue weighted by Gasteiger charge is 2.04. The molecule has 0 heterocycles. The van der Waals surface area contributed by atoms with Crippen molar-refractivity contribution < 1.29 is 33.2 Å². The van der Waals surface area contributed by atoms with Gasteiger partial charge in [0.05, 0.1) is 92.0 Å². The fraction of sp³-hybridized carbons (Fsp3) is 1.00. The van der Waals surface area contributed by atoms with E-state index in [9.17, 15) is 0 Å².